The standard InChI is InChI=1S/C15H25NO4S/c1-9-12(14(2,3)4)11(21(18,19)20)8-10(13(9)17)16-15(5,6)7/h8,16-17H,1-7H3,(H,18,19,20). The van der Waals surface area contributed by atoms with Crippen molar-refractivity contribution in [3.63, 3.8) is 0 Å². The fraction of sp³-hybridized carbons (Fsp3) is 0.600. The van der Waals surface area contributed by atoms with Crippen molar-refractivity contribution in [3.8, 4) is 5.75 Å². The van der Waals surface area contributed by atoms with E-state index in [0.717, 1.165) is 0 Å². The molecule has 0 atom stereocenters. The molecule has 0 saturated heterocycles. The topological polar surface area (TPSA) is 86.6 Å². The second-order valence-corrected chi connectivity index (χ2v) is 8.76. The van der Waals surface area contributed by atoms with Crippen LogP contribution in [0.5, 0.6) is 5.75 Å². The first-order chi connectivity index (χ1) is 9.14. The molecule has 5 nitrogen and oxygen atoms in total. The molecule has 0 saturated carbocycles. The van der Waals surface area contributed by atoms with Crippen LogP contribution >= 0.6 is 0 Å². The second-order valence-electron chi connectivity index (χ2n) is 7.37. The highest BCUT2D eigenvalue weighted by molar-refractivity contribution is 7.85. The number of anilines is 1. The number of rotatable bonds is 2. The number of phenols is 1. The predicted octanol–water partition coefficient (Wildman–Crippen LogP) is 3.46. The summed E-state index contributed by atoms with van der Waals surface area (Å²) in [6.07, 6.45) is 0. The summed E-state index contributed by atoms with van der Waals surface area (Å²) in [5.74, 6) is 0.00208. The maximum absolute atomic E-state index is 11.7. The molecule has 21 heavy (non-hydrogen) atoms. The Morgan fingerprint density at radius 1 is 1.10 bits per heavy atom. The fourth-order valence-corrected chi connectivity index (χ4v) is 3.40. The lowest BCUT2D eigenvalue weighted by molar-refractivity contribution is 0.457. The van der Waals surface area contributed by atoms with Crippen molar-refractivity contribution in [1.82, 2.24) is 0 Å². The monoisotopic (exact) mass is 315 g/mol. The maximum Gasteiger partial charge on any atom is 0.294 e. The van der Waals surface area contributed by atoms with E-state index in [9.17, 15) is 18.1 Å². The Bertz CT molecular complexity index is 650. The number of nitrogens with one attached hydrogen (secondary N) is 1. The Balaban J connectivity index is 3.76. The molecule has 0 unspecified atom stereocenters. The van der Waals surface area contributed by atoms with E-state index in [4.69, 9.17) is 0 Å². The van der Waals surface area contributed by atoms with Crippen molar-refractivity contribution in [2.24, 2.45) is 0 Å². The normalized spacial score (nSPS) is 13.3. The van der Waals surface area contributed by atoms with Gasteiger partial charge in [0.2, 0.25) is 0 Å². The predicted molar refractivity (Wildman–Crippen MR) is 84.7 cm³/mol. The average Bonchev–Trinajstić information content (AvgIpc) is 2.18. The van der Waals surface area contributed by atoms with Gasteiger partial charge in [-0.15, -0.1) is 0 Å². The average molecular weight is 315 g/mol. The molecule has 0 aliphatic rings. The number of phenolic OH excluding ortho intramolecular Hbond substituents is 1. The zero-order valence-corrected chi connectivity index (χ0v) is 14.5. The molecule has 0 aromatic heterocycles. The minimum atomic E-state index is -4.39. The van der Waals surface area contributed by atoms with Gasteiger partial charge in [-0.3, -0.25) is 4.55 Å². The van der Waals surface area contributed by atoms with Crippen LogP contribution in [0.15, 0.2) is 11.0 Å². The molecular weight excluding hydrogens is 290 g/mol. The Morgan fingerprint density at radius 3 is 1.90 bits per heavy atom. The van der Waals surface area contributed by atoms with Gasteiger partial charge in [-0.05, 0) is 50.3 Å². The summed E-state index contributed by atoms with van der Waals surface area (Å²) in [7, 11) is -4.39. The van der Waals surface area contributed by atoms with Crippen LogP contribution in [0.3, 0.4) is 0 Å². The molecule has 0 aliphatic carbocycles. The highest BCUT2D eigenvalue weighted by Crippen LogP contribution is 2.41. The smallest absolute Gasteiger partial charge is 0.294 e. The van der Waals surface area contributed by atoms with Gasteiger partial charge in [0, 0.05) is 5.54 Å². The molecule has 0 aliphatic heterocycles. The summed E-state index contributed by atoms with van der Waals surface area (Å²) in [5, 5.41) is 13.4. The lowest BCUT2D eigenvalue weighted by Gasteiger charge is -2.28. The Labute approximate surface area is 127 Å². The fourth-order valence-electron chi connectivity index (χ4n) is 2.41. The van der Waals surface area contributed by atoms with Gasteiger partial charge in [0.05, 0.1) is 5.69 Å². The highest BCUT2D eigenvalue weighted by Gasteiger charge is 2.30. The lowest BCUT2D eigenvalue weighted by atomic mass is 9.83. The summed E-state index contributed by atoms with van der Waals surface area (Å²) in [4.78, 5) is -0.169. The third-order valence-electron chi connectivity index (χ3n) is 3.04. The zero-order valence-electron chi connectivity index (χ0n) is 13.7. The molecule has 3 N–H and O–H groups in total. The first kappa shape index (κ1) is 17.8. The summed E-state index contributed by atoms with van der Waals surface area (Å²) in [6, 6.07) is 1.30. The number of benzene rings is 1. The summed E-state index contributed by atoms with van der Waals surface area (Å²) < 4.78 is 33.0. The SMILES string of the molecule is Cc1c(O)c(NC(C)(C)C)cc(S(=O)(=O)O)c1C(C)(C)C. The van der Waals surface area contributed by atoms with Gasteiger partial charge >= 0.3 is 0 Å². The molecule has 0 bridgehead atoms. The second kappa shape index (κ2) is 5.18. The summed E-state index contributed by atoms with van der Waals surface area (Å²) in [5.41, 5.74) is 0.267. The van der Waals surface area contributed by atoms with Crippen LogP contribution in [0.25, 0.3) is 0 Å². The molecule has 0 spiro atoms. The molecule has 1 rings (SSSR count). The van der Waals surface area contributed by atoms with E-state index in [1.165, 1.54) is 6.07 Å². The van der Waals surface area contributed by atoms with E-state index < -0.39 is 15.5 Å². The quantitative estimate of drug-likeness (QED) is 0.575. The molecule has 1 aromatic rings. The largest absolute Gasteiger partial charge is 0.505 e. The van der Waals surface area contributed by atoms with Crippen molar-refractivity contribution < 1.29 is 18.1 Å². The van der Waals surface area contributed by atoms with Crippen LogP contribution in [-0.2, 0) is 15.5 Å². The summed E-state index contributed by atoms with van der Waals surface area (Å²) >= 11 is 0. The van der Waals surface area contributed by atoms with E-state index in [1.54, 1.807) is 6.92 Å². The first-order valence-corrected chi connectivity index (χ1v) is 8.21. The Morgan fingerprint density at radius 2 is 1.57 bits per heavy atom. The lowest BCUT2D eigenvalue weighted by Crippen LogP contribution is -2.27. The van der Waals surface area contributed by atoms with Crippen molar-refractivity contribution in [3.05, 3.63) is 17.2 Å². The molecule has 0 fully saturated rings. The van der Waals surface area contributed by atoms with E-state index in [2.05, 4.69) is 5.32 Å². The first-order valence-electron chi connectivity index (χ1n) is 6.77. The molecule has 1 aromatic carbocycles. The maximum atomic E-state index is 11.7. The van der Waals surface area contributed by atoms with Crippen LogP contribution in [0.4, 0.5) is 5.69 Å². The molecule has 120 valence electrons. The van der Waals surface area contributed by atoms with Crippen molar-refractivity contribution in [2.75, 3.05) is 5.32 Å². The van der Waals surface area contributed by atoms with Gasteiger partial charge < -0.3 is 10.4 Å². The van der Waals surface area contributed by atoms with Gasteiger partial charge in [-0.25, -0.2) is 0 Å². The number of aromatic hydroxyl groups is 1. The van der Waals surface area contributed by atoms with Crippen LogP contribution in [0.2, 0.25) is 0 Å². The third-order valence-corrected chi connectivity index (χ3v) is 3.92. The van der Waals surface area contributed by atoms with Crippen molar-refractivity contribution >= 4 is 15.8 Å². The highest BCUT2D eigenvalue weighted by atomic mass is 32.2. The van der Waals surface area contributed by atoms with Crippen LogP contribution < -0.4 is 5.32 Å². The minimum absolute atomic E-state index is 0.00208. The molecule has 0 heterocycles. The van der Waals surface area contributed by atoms with Crippen LogP contribution in [-0.4, -0.2) is 23.6 Å². The van der Waals surface area contributed by atoms with E-state index >= 15 is 0 Å². The van der Waals surface area contributed by atoms with E-state index in [-0.39, 0.29) is 16.2 Å². The van der Waals surface area contributed by atoms with Gasteiger partial charge in [0.1, 0.15) is 10.6 Å². The number of hydrogen-bond acceptors (Lipinski definition) is 4. The molecule has 0 amide bonds. The molecule has 0 radical (unpaired) electrons. The summed E-state index contributed by atoms with van der Waals surface area (Å²) in [6.45, 7) is 12.8. The van der Waals surface area contributed by atoms with Crippen LogP contribution in [0.1, 0.15) is 52.7 Å². The zero-order chi connectivity index (χ0) is 16.8. The van der Waals surface area contributed by atoms with Gasteiger partial charge in [0.25, 0.3) is 10.1 Å². The number of hydrogen-bond donors (Lipinski definition) is 3. The minimum Gasteiger partial charge on any atom is -0.505 e. The molecular formula is C15H25NO4S. The van der Waals surface area contributed by atoms with Crippen molar-refractivity contribution in [1.29, 1.82) is 0 Å². The van der Waals surface area contributed by atoms with E-state index in [0.29, 0.717) is 16.8 Å². The Hall–Kier alpha value is -1.27. The van der Waals surface area contributed by atoms with Gasteiger partial charge in [-0.2, -0.15) is 8.42 Å². The third kappa shape index (κ3) is 4.11. The van der Waals surface area contributed by atoms with Crippen molar-refractivity contribution in [2.45, 2.75) is 64.3 Å². The van der Waals surface area contributed by atoms with Gasteiger partial charge in [0.15, 0.2) is 0 Å². The van der Waals surface area contributed by atoms with Crippen LogP contribution in [0, 0.1) is 6.92 Å². The Kier molecular flexibility index (Phi) is 4.38. The van der Waals surface area contributed by atoms with Gasteiger partial charge in [-0.1, -0.05) is 20.8 Å². The van der Waals surface area contributed by atoms with E-state index in [1.807, 2.05) is 41.5 Å². The molecule has 6 heteroatoms.